The average Bonchev–Trinajstić information content (AvgIpc) is 2.08. The molecule has 0 saturated carbocycles. The van der Waals surface area contributed by atoms with E-state index in [-0.39, 0.29) is 0 Å². The van der Waals surface area contributed by atoms with Crippen LogP contribution in [0.25, 0.3) is 0 Å². The molecule has 0 aromatic heterocycles. The standard InChI is InChI=1S/C14H29N/c1-12-8-6-9-13(2)15(12)11-7-10-14(3,4)5/h12-13H,6-11H2,1-5H3. The van der Waals surface area contributed by atoms with Crippen LogP contribution in [0.5, 0.6) is 0 Å². The molecule has 1 saturated heterocycles. The smallest absolute Gasteiger partial charge is 0.00697 e. The van der Waals surface area contributed by atoms with Gasteiger partial charge in [0.25, 0.3) is 0 Å². The van der Waals surface area contributed by atoms with E-state index < -0.39 is 0 Å². The van der Waals surface area contributed by atoms with E-state index in [9.17, 15) is 0 Å². The second kappa shape index (κ2) is 5.34. The fourth-order valence-electron chi connectivity index (χ4n) is 2.71. The third-order valence-corrected chi connectivity index (χ3v) is 3.72. The summed E-state index contributed by atoms with van der Waals surface area (Å²) in [5, 5.41) is 0. The van der Waals surface area contributed by atoms with Crippen LogP contribution in [-0.4, -0.2) is 23.5 Å². The first-order valence-electron chi connectivity index (χ1n) is 6.66. The van der Waals surface area contributed by atoms with Gasteiger partial charge < -0.3 is 0 Å². The second-order valence-electron chi connectivity index (χ2n) is 6.53. The molecule has 1 nitrogen and oxygen atoms in total. The van der Waals surface area contributed by atoms with Crippen molar-refractivity contribution in [3.8, 4) is 0 Å². The maximum absolute atomic E-state index is 2.72. The Bertz CT molecular complexity index is 170. The summed E-state index contributed by atoms with van der Waals surface area (Å²) < 4.78 is 0. The van der Waals surface area contributed by atoms with Gasteiger partial charge in [-0.25, -0.2) is 0 Å². The van der Waals surface area contributed by atoms with Crippen LogP contribution in [0.4, 0.5) is 0 Å². The Morgan fingerprint density at radius 3 is 2.07 bits per heavy atom. The molecule has 0 radical (unpaired) electrons. The summed E-state index contributed by atoms with van der Waals surface area (Å²) in [6.07, 6.45) is 6.94. The molecule has 1 heterocycles. The lowest BCUT2D eigenvalue weighted by Crippen LogP contribution is -2.44. The van der Waals surface area contributed by atoms with Crippen LogP contribution in [-0.2, 0) is 0 Å². The first kappa shape index (κ1) is 13.0. The minimum atomic E-state index is 0.502. The highest BCUT2D eigenvalue weighted by molar-refractivity contribution is 4.79. The molecule has 0 aromatic carbocycles. The molecule has 2 unspecified atom stereocenters. The van der Waals surface area contributed by atoms with Crippen molar-refractivity contribution in [2.45, 2.75) is 78.8 Å². The monoisotopic (exact) mass is 211 g/mol. The van der Waals surface area contributed by atoms with Crippen LogP contribution in [0.1, 0.15) is 66.7 Å². The van der Waals surface area contributed by atoms with E-state index in [1.807, 2.05) is 0 Å². The molecular weight excluding hydrogens is 182 g/mol. The van der Waals surface area contributed by atoms with E-state index in [0.717, 1.165) is 12.1 Å². The van der Waals surface area contributed by atoms with E-state index in [1.165, 1.54) is 38.6 Å². The van der Waals surface area contributed by atoms with Crippen molar-refractivity contribution in [3.63, 3.8) is 0 Å². The van der Waals surface area contributed by atoms with Crippen LogP contribution in [0.15, 0.2) is 0 Å². The largest absolute Gasteiger partial charge is 0.298 e. The van der Waals surface area contributed by atoms with Crippen LogP contribution in [0.3, 0.4) is 0 Å². The molecule has 1 aliphatic heterocycles. The quantitative estimate of drug-likeness (QED) is 0.680. The summed E-state index contributed by atoms with van der Waals surface area (Å²) in [5.74, 6) is 0. The topological polar surface area (TPSA) is 3.24 Å². The number of piperidine rings is 1. The van der Waals surface area contributed by atoms with Crippen molar-refractivity contribution in [2.75, 3.05) is 6.54 Å². The Morgan fingerprint density at radius 1 is 1.07 bits per heavy atom. The van der Waals surface area contributed by atoms with Crippen molar-refractivity contribution in [3.05, 3.63) is 0 Å². The third-order valence-electron chi connectivity index (χ3n) is 3.72. The summed E-state index contributed by atoms with van der Waals surface area (Å²) in [5.41, 5.74) is 0.502. The van der Waals surface area contributed by atoms with Crippen LogP contribution in [0, 0.1) is 5.41 Å². The fourth-order valence-corrected chi connectivity index (χ4v) is 2.71. The molecular formula is C14H29N. The van der Waals surface area contributed by atoms with Gasteiger partial charge in [-0.3, -0.25) is 4.90 Å². The second-order valence-corrected chi connectivity index (χ2v) is 6.53. The Hall–Kier alpha value is -0.0400. The van der Waals surface area contributed by atoms with Gasteiger partial charge in [-0.15, -0.1) is 0 Å². The molecule has 1 aliphatic rings. The number of hydrogen-bond acceptors (Lipinski definition) is 1. The maximum Gasteiger partial charge on any atom is 0.00697 e. The highest BCUT2D eigenvalue weighted by Crippen LogP contribution is 2.25. The number of nitrogens with zero attached hydrogens (tertiary/aromatic N) is 1. The van der Waals surface area contributed by atoms with Crippen LogP contribution < -0.4 is 0 Å². The summed E-state index contributed by atoms with van der Waals surface area (Å²) >= 11 is 0. The molecule has 0 amide bonds. The lowest BCUT2D eigenvalue weighted by Gasteiger charge is -2.39. The first-order valence-corrected chi connectivity index (χ1v) is 6.66. The van der Waals surface area contributed by atoms with Crippen molar-refractivity contribution in [2.24, 2.45) is 5.41 Å². The van der Waals surface area contributed by atoms with Gasteiger partial charge >= 0.3 is 0 Å². The van der Waals surface area contributed by atoms with Gasteiger partial charge in [0.2, 0.25) is 0 Å². The summed E-state index contributed by atoms with van der Waals surface area (Å²) in [6, 6.07) is 1.63. The van der Waals surface area contributed by atoms with Crippen LogP contribution >= 0.6 is 0 Å². The van der Waals surface area contributed by atoms with E-state index in [1.54, 1.807) is 0 Å². The predicted octanol–water partition coefficient (Wildman–Crippen LogP) is 4.08. The molecule has 0 aromatic rings. The van der Waals surface area contributed by atoms with Gasteiger partial charge in [0.15, 0.2) is 0 Å². The average molecular weight is 211 g/mol. The zero-order valence-corrected chi connectivity index (χ0v) is 11.3. The van der Waals surface area contributed by atoms with Gasteiger partial charge in [-0.05, 0) is 51.5 Å². The van der Waals surface area contributed by atoms with Crippen molar-refractivity contribution >= 4 is 0 Å². The highest BCUT2D eigenvalue weighted by Gasteiger charge is 2.24. The molecule has 1 heteroatoms. The van der Waals surface area contributed by atoms with Crippen molar-refractivity contribution in [1.82, 2.24) is 4.90 Å². The Kier molecular flexibility index (Phi) is 4.64. The summed E-state index contributed by atoms with van der Waals surface area (Å²) in [7, 11) is 0. The Balaban J connectivity index is 2.29. The molecule has 0 aliphatic carbocycles. The van der Waals surface area contributed by atoms with E-state index >= 15 is 0 Å². The number of rotatable bonds is 3. The SMILES string of the molecule is CC1CCCC(C)N1CCCC(C)(C)C. The van der Waals surface area contributed by atoms with Crippen molar-refractivity contribution in [1.29, 1.82) is 0 Å². The van der Waals surface area contributed by atoms with Gasteiger partial charge in [0.1, 0.15) is 0 Å². The molecule has 1 rings (SSSR count). The summed E-state index contributed by atoms with van der Waals surface area (Å²) in [6.45, 7) is 13.1. The van der Waals surface area contributed by atoms with Crippen LogP contribution in [0.2, 0.25) is 0 Å². The zero-order chi connectivity index (χ0) is 11.5. The molecule has 0 bridgehead atoms. The fraction of sp³-hybridized carbons (Fsp3) is 1.00. The molecule has 15 heavy (non-hydrogen) atoms. The summed E-state index contributed by atoms with van der Waals surface area (Å²) in [4.78, 5) is 2.72. The maximum atomic E-state index is 2.72. The minimum Gasteiger partial charge on any atom is -0.298 e. The molecule has 0 spiro atoms. The molecule has 2 atom stereocenters. The van der Waals surface area contributed by atoms with E-state index in [4.69, 9.17) is 0 Å². The van der Waals surface area contributed by atoms with Gasteiger partial charge in [-0.1, -0.05) is 27.2 Å². The number of hydrogen-bond donors (Lipinski definition) is 0. The zero-order valence-electron chi connectivity index (χ0n) is 11.3. The highest BCUT2D eigenvalue weighted by atomic mass is 15.2. The minimum absolute atomic E-state index is 0.502. The van der Waals surface area contributed by atoms with Gasteiger partial charge in [0, 0.05) is 12.1 Å². The normalized spacial score (nSPS) is 29.4. The Morgan fingerprint density at radius 2 is 1.60 bits per heavy atom. The van der Waals surface area contributed by atoms with Gasteiger partial charge in [0.05, 0.1) is 0 Å². The number of likely N-dealkylation sites (tertiary alicyclic amines) is 1. The predicted molar refractivity (Wildman–Crippen MR) is 68.2 cm³/mol. The molecule has 90 valence electrons. The third kappa shape index (κ3) is 4.55. The molecule has 0 N–H and O–H groups in total. The van der Waals surface area contributed by atoms with E-state index in [0.29, 0.717) is 5.41 Å². The molecule has 1 fully saturated rings. The van der Waals surface area contributed by atoms with E-state index in [2.05, 4.69) is 39.5 Å². The first-order chi connectivity index (χ1) is 6.90. The van der Waals surface area contributed by atoms with Crippen molar-refractivity contribution < 1.29 is 0 Å². The lowest BCUT2D eigenvalue weighted by atomic mass is 9.89. The Labute approximate surface area is 96.2 Å². The van der Waals surface area contributed by atoms with Gasteiger partial charge in [-0.2, -0.15) is 0 Å². The lowest BCUT2D eigenvalue weighted by molar-refractivity contribution is 0.0975.